The Balaban J connectivity index is 2.35. The Morgan fingerprint density at radius 3 is 2.76 bits per heavy atom. The van der Waals surface area contributed by atoms with E-state index in [0.29, 0.717) is 6.42 Å². The molecule has 0 saturated heterocycles. The van der Waals surface area contributed by atoms with Crippen LogP contribution >= 0.6 is 0 Å². The number of ether oxygens (including phenoxy) is 1. The van der Waals surface area contributed by atoms with Crippen molar-refractivity contribution < 1.29 is 19.4 Å². The van der Waals surface area contributed by atoms with E-state index in [4.69, 9.17) is 15.6 Å². The zero-order chi connectivity index (χ0) is 12.8. The van der Waals surface area contributed by atoms with Gasteiger partial charge in [0.1, 0.15) is 0 Å². The van der Waals surface area contributed by atoms with Crippen LogP contribution in [-0.2, 0) is 14.3 Å². The summed E-state index contributed by atoms with van der Waals surface area (Å²) in [5.41, 5.74) is 5.79. The largest absolute Gasteiger partial charge is 0.479 e. The van der Waals surface area contributed by atoms with Crippen LogP contribution in [0.5, 0.6) is 0 Å². The first kappa shape index (κ1) is 13.9. The molecule has 1 rings (SSSR count). The third-order valence-corrected chi connectivity index (χ3v) is 3.11. The summed E-state index contributed by atoms with van der Waals surface area (Å²) < 4.78 is 4.73. The summed E-state index contributed by atoms with van der Waals surface area (Å²) >= 11 is 0. The number of hydrogen-bond acceptors (Lipinski definition) is 4. The molecule has 6 nitrogen and oxygen atoms in total. The number of amides is 1. The number of carboxylic acids is 1. The highest BCUT2D eigenvalue weighted by atomic mass is 16.5. The molecule has 1 aliphatic rings. The monoisotopic (exact) mass is 244 g/mol. The van der Waals surface area contributed by atoms with E-state index in [1.165, 1.54) is 7.11 Å². The molecule has 6 heteroatoms. The Morgan fingerprint density at radius 2 is 2.24 bits per heavy atom. The summed E-state index contributed by atoms with van der Waals surface area (Å²) in [4.78, 5) is 22.4. The van der Waals surface area contributed by atoms with Gasteiger partial charge in [0.05, 0.1) is 6.54 Å². The highest BCUT2D eigenvalue weighted by molar-refractivity contribution is 5.80. The summed E-state index contributed by atoms with van der Waals surface area (Å²) in [6, 6.07) is 0.0807. The van der Waals surface area contributed by atoms with Crippen LogP contribution in [0.1, 0.15) is 25.7 Å². The van der Waals surface area contributed by atoms with Crippen LogP contribution < -0.4 is 11.1 Å². The van der Waals surface area contributed by atoms with Gasteiger partial charge in [0, 0.05) is 19.1 Å². The normalized spacial score (nSPS) is 26.2. The highest BCUT2D eigenvalue weighted by Gasteiger charge is 2.26. The van der Waals surface area contributed by atoms with Gasteiger partial charge in [-0.25, -0.2) is 4.79 Å². The van der Waals surface area contributed by atoms with E-state index in [9.17, 15) is 9.59 Å². The van der Waals surface area contributed by atoms with E-state index in [2.05, 4.69) is 5.32 Å². The fourth-order valence-electron chi connectivity index (χ4n) is 2.07. The van der Waals surface area contributed by atoms with Gasteiger partial charge in [0.15, 0.2) is 6.10 Å². The molecule has 0 aliphatic heterocycles. The second-order valence-corrected chi connectivity index (χ2v) is 4.43. The van der Waals surface area contributed by atoms with Gasteiger partial charge in [-0.2, -0.15) is 0 Å². The highest BCUT2D eigenvalue weighted by Crippen LogP contribution is 2.22. The van der Waals surface area contributed by atoms with E-state index in [-0.39, 0.29) is 24.4 Å². The minimum Gasteiger partial charge on any atom is -0.479 e. The Kier molecular flexibility index (Phi) is 5.37. The lowest BCUT2D eigenvalue weighted by Gasteiger charge is -2.26. The van der Waals surface area contributed by atoms with Crippen LogP contribution in [0, 0.1) is 5.92 Å². The third-order valence-electron chi connectivity index (χ3n) is 3.11. The number of aliphatic carboxylic acids is 1. The maximum absolute atomic E-state index is 11.8. The van der Waals surface area contributed by atoms with Crippen molar-refractivity contribution in [1.29, 1.82) is 0 Å². The standard InChI is InChI=1S/C11H20N2O4/c1-17-9(11(15)16)6-13-10(14)7-3-2-4-8(12)5-7/h7-9H,2-6,12H2,1H3,(H,13,14)(H,15,16). The number of hydrogen-bond donors (Lipinski definition) is 3. The van der Waals surface area contributed by atoms with Crippen molar-refractivity contribution in [3.63, 3.8) is 0 Å². The van der Waals surface area contributed by atoms with Crippen LogP contribution in [0.25, 0.3) is 0 Å². The van der Waals surface area contributed by atoms with Crippen molar-refractivity contribution >= 4 is 11.9 Å². The molecule has 3 atom stereocenters. The number of carbonyl (C=O) groups is 2. The Hall–Kier alpha value is -1.14. The molecular weight excluding hydrogens is 224 g/mol. The van der Waals surface area contributed by atoms with Crippen LogP contribution in [0.2, 0.25) is 0 Å². The minimum atomic E-state index is -1.08. The number of methoxy groups -OCH3 is 1. The van der Waals surface area contributed by atoms with E-state index < -0.39 is 12.1 Å². The molecule has 0 heterocycles. The first-order valence-electron chi connectivity index (χ1n) is 5.83. The van der Waals surface area contributed by atoms with E-state index >= 15 is 0 Å². The summed E-state index contributed by atoms with van der Waals surface area (Å²) in [7, 11) is 1.31. The van der Waals surface area contributed by atoms with Gasteiger partial charge < -0.3 is 20.9 Å². The van der Waals surface area contributed by atoms with Crippen molar-refractivity contribution in [2.75, 3.05) is 13.7 Å². The molecule has 4 N–H and O–H groups in total. The van der Waals surface area contributed by atoms with Gasteiger partial charge >= 0.3 is 5.97 Å². The minimum absolute atomic E-state index is 0.00357. The number of carboxylic acid groups (broad SMARTS) is 1. The summed E-state index contributed by atoms with van der Waals surface area (Å²) in [5.74, 6) is -1.29. The fourth-order valence-corrected chi connectivity index (χ4v) is 2.07. The summed E-state index contributed by atoms with van der Waals surface area (Å²) in [6.07, 6.45) is 2.42. The van der Waals surface area contributed by atoms with Gasteiger partial charge in [-0.15, -0.1) is 0 Å². The summed E-state index contributed by atoms with van der Waals surface area (Å²) in [6.45, 7) is -0.00357. The van der Waals surface area contributed by atoms with Crippen molar-refractivity contribution in [1.82, 2.24) is 5.32 Å². The van der Waals surface area contributed by atoms with E-state index in [0.717, 1.165) is 19.3 Å². The molecule has 0 aromatic carbocycles. The Morgan fingerprint density at radius 1 is 1.53 bits per heavy atom. The average molecular weight is 244 g/mol. The molecule has 0 aromatic rings. The maximum Gasteiger partial charge on any atom is 0.334 e. The first-order valence-corrected chi connectivity index (χ1v) is 5.83. The lowest BCUT2D eigenvalue weighted by atomic mass is 9.85. The second kappa shape index (κ2) is 6.56. The predicted molar refractivity (Wildman–Crippen MR) is 61.4 cm³/mol. The zero-order valence-corrected chi connectivity index (χ0v) is 10.0. The number of rotatable bonds is 5. The Bertz CT molecular complexity index is 283. The molecule has 0 bridgehead atoms. The summed E-state index contributed by atoms with van der Waals surface area (Å²) in [5, 5.41) is 11.3. The molecule has 0 radical (unpaired) electrons. The van der Waals surface area contributed by atoms with Gasteiger partial charge in [-0.1, -0.05) is 6.42 Å². The molecule has 17 heavy (non-hydrogen) atoms. The predicted octanol–water partition coefficient (Wildman–Crippen LogP) is -0.280. The number of carbonyl (C=O) groups excluding carboxylic acids is 1. The van der Waals surface area contributed by atoms with Crippen LogP contribution in [0.4, 0.5) is 0 Å². The smallest absolute Gasteiger partial charge is 0.334 e. The first-order chi connectivity index (χ1) is 8.04. The van der Waals surface area contributed by atoms with Crippen molar-refractivity contribution in [2.24, 2.45) is 11.7 Å². The van der Waals surface area contributed by atoms with Crippen LogP contribution in [0.15, 0.2) is 0 Å². The quantitative estimate of drug-likeness (QED) is 0.617. The van der Waals surface area contributed by atoms with E-state index in [1.807, 2.05) is 0 Å². The molecule has 1 saturated carbocycles. The van der Waals surface area contributed by atoms with E-state index in [1.54, 1.807) is 0 Å². The SMILES string of the molecule is COC(CNC(=O)C1CCCC(N)C1)C(=O)O. The van der Waals surface area contributed by atoms with Gasteiger partial charge in [0.2, 0.25) is 5.91 Å². The molecule has 98 valence electrons. The topological polar surface area (TPSA) is 102 Å². The van der Waals surface area contributed by atoms with Crippen molar-refractivity contribution in [2.45, 2.75) is 37.8 Å². The lowest BCUT2D eigenvalue weighted by molar-refractivity contribution is -0.148. The molecule has 1 aliphatic carbocycles. The fraction of sp³-hybridized carbons (Fsp3) is 0.818. The van der Waals surface area contributed by atoms with Crippen LogP contribution in [-0.4, -0.2) is 42.8 Å². The lowest BCUT2D eigenvalue weighted by Crippen LogP contribution is -2.42. The molecule has 3 unspecified atom stereocenters. The average Bonchev–Trinajstić information content (AvgIpc) is 2.29. The van der Waals surface area contributed by atoms with Gasteiger partial charge in [0.25, 0.3) is 0 Å². The molecule has 1 amide bonds. The number of nitrogens with two attached hydrogens (primary N) is 1. The van der Waals surface area contributed by atoms with Gasteiger partial charge in [-0.3, -0.25) is 4.79 Å². The van der Waals surface area contributed by atoms with Crippen LogP contribution in [0.3, 0.4) is 0 Å². The van der Waals surface area contributed by atoms with Gasteiger partial charge in [-0.05, 0) is 19.3 Å². The molecular formula is C11H20N2O4. The van der Waals surface area contributed by atoms with Crippen molar-refractivity contribution in [3.8, 4) is 0 Å². The number of nitrogens with one attached hydrogen (secondary N) is 1. The second-order valence-electron chi connectivity index (χ2n) is 4.43. The molecule has 0 aromatic heterocycles. The third kappa shape index (κ3) is 4.32. The zero-order valence-electron chi connectivity index (χ0n) is 10.0. The maximum atomic E-state index is 11.8. The molecule has 1 fully saturated rings. The Labute approximate surface area is 101 Å². The van der Waals surface area contributed by atoms with Crippen molar-refractivity contribution in [3.05, 3.63) is 0 Å². The molecule has 0 spiro atoms.